The lowest BCUT2D eigenvalue weighted by Gasteiger charge is -2.30. The Labute approximate surface area is 108 Å². The lowest BCUT2D eigenvalue weighted by molar-refractivity contribution is 0.0791. The second kappa shape index (κ2) is 5.71. The molecule has 0 saturated carbocycles. The smallest absolute Gasteiger partial charge is 0.0637 e. The molecule has 0 radical (unpaired) electrons. The molecular weight excluding hydrogens is 236 g/mol. The SMILES string of the molecule is Cc1c(Cl)cccc1N(C)CC1COCCN1. The van der Waals surface area contributed by atoms with E-state index in [1.165, 1.54) is 5.69 Å². The molecule has 1 aliphatic rings. The number of benzene rings is 1. The van der Waals surface area contributed by atoms with Crippen molar-refractivity contribution in [2.75, 3.05) is 38.3 Å². The van der Waals surface area contributed by atoms with Gasteiger partial charge in [0.05, 0.1) is 13.2 Å². The molecule has 0 spiro atoms. The van der Waals surface area contributed by atoms with Crippen molar-refractivity contribution >= 4 is 17.3 Å². The third-order valence-corrected chi connectivity index (χ3v) is 3.55. The molecule has 0 aliphatic carbocycles. The van der Waals surface area contributed by atoms with E-state index < -0.39 is 0 Å². The molecule has 17 heavy (non-hydrogen) atoms. The Morgan fingerprint density at radius 2 is 2.35 bits per heavy atom. The van der Waals surface area contributed by atoms with Crippen molar-refractivity contribution in [2.24, 2.45) is 0 Å². The van der Waals surface area contributed by atoms with Crippen LogP contribution in [0.5, 0.6) is 0 Å². The van der Waals surface area contributed by atoms with E-state index in [1.54, 1.807) is 0 Å². The van der Waals surface area contributed by atoms with Gasteiger partial charge in [-0.05, 0) is 24.6 Å². The maximum Gasteiger partial charge on any atom is 0.0637 e. The molecule has 1 aliphatic heterocycles. The van der Waals surface area contributed by atoms with Gasteiger partial charge in [-0.3, -0.25) is 0 Å². The van der Waals surface area contributed by atoms with E-state index in [9.17, 15) is 0 Å². The summed E-state index contributed by atoms with van der Waals surface area (Å²) in [6.45, 7) is 5.52. The molecule has 1 saturated heterocycles. The van der Waals surface area contributed by atoms with Gasteiger partial charge in [-0.15, -0.1) is 0 Å². The molecule has 0 amide bonds. The molecule has 2 rings (SSSR count). The van der Waals surface area contributed by atoms with Gasteiger partial charge in [-0.1, -0.05) is 17.7 Å². The highest BCUT2D eigenvalue weighted by molar-refractivity contribution is 6.31. The minimum Gasteiger partial charge on any atom is -0.378 e. The van der Waals surface area contributed by atoms with E-state index in [2.05, 4.69) is 30.3 Å². The van der Waals surface area contributed by atoms with Crippen molar-refractivity contribution in [3.63, 3.8) is 0 Å². The average molecular weight is 255 g/mol. The van der Waals surface area contributed by atoms with E-state index in [0.29, 0.717) is 6.04 Å². The van der Waals surface area contributed by atoms with Crippen LogP contribution in [0.4, 0.5) is 5.69 Å². The van der Waals surface area contributed by atoms with Crippen LogP contribution in [0.25, 0.3) is 0 Å². The van der Waals surface area contributed by atoms with Crippen LogP contribution in [0.3, 0.4) is 0 Å². The maximum absolute atomic E-state index is 6.13. The van der Waals surface area contributed by atoms with Crippen LogP contribution in [0.1, 0.15) is 5.56 Å². The number of ether oxygens (including phenoxy) is 1. The summed E-state index contributed by atoms with van der Waals surface area (Å²) in [5.74, 6) is 0. The van der Waals surface area contributed by atoms with Crippen LogP contribution in [0.15, 0.2) is 18.2 Å². The Morgan fingerprint density at radius 1 is 1.53 bits per heavy atom. The second-order valence-electron chi connectivity index (χ2n) is 4.49. The van der Waals surface area contributed by atoms with Crippen molar-refractivity contribution in [1.29, 1.82) is 0 Å². The summed E-state index contributed by atoms with van der Waals surface area (Å²) >= 11 is 6.13. The van der Waals surface area contributed by atoms with Crippen LogP contribution in [0, 0.1) is 6.92 Å². The first-order valence-corrected chi connectivity index (χ1v) is 6.33. The first-order valence-electron chi connectivity index (χ1n) is 5.96. The van der Waals surface area contributed by atoms with Gasteiger partial charge in [0, 0.05) is 36.9 Å². The summed E-state index contributed by atoms with van der Waals surface area (Å²) in [5.41, 5.74) is 2.32. The van der Waals surface area contributed by atoms with E-state index in [0.717, 1.165) is 36.9 Å². The van der Waals surface area contributed by atoms with Crippen LogP contribution < -0.4 is 10.2 Å². The molecule has 1 heterocycles. The number of likely N-dealkylation sites (N-methyl/N-ethyl adjacent to an activating group) is 1. The fraction of sp³-hybridized carbons (Fsp3) is 0.538. The third-order valence-electron chi connectivity index (χ3n) is 3.14. The average Bonchev–Trinajstić information content (AvgIpc) is 2.34. The molecule has 0 bridgehead atoms. The number of morpholine rings is 1. The zero-order chi connectivity index (χ0) is 12.3. The van der Waals surface area contributed by atoms with Gasteiger partial charge in [0.1, 0.15) is 0 Å². The minimum atomic E-state index is 0.395. The molecule has 0 aromatic heterocycles. The summed E-state index contributed by atoms with van der Waals surface area (Å²) in [4.78, 5) is 2.23. The first kappa shape index (κ1) is 12.7. The molecule has 1 aromatic carbocycles. The molecule has 1 atom stereocenters. The highest BCUT2D eigenvalue weighted by Gasteiger charge is 2.16. The lowest BCUT2D eigenvalue weighted by atomic mass is 10.1. The number of nitrogens with one attached hydrogen (secondary N) is 1. The normalized spacial score (nSPS) is 20.3. The van der Waals surface area contributed by atoms with E-state index >= 15 is 0 Å². The maximum atomic E-state index is 6.13. The standard InChI is InChI=1S/C13H19ClN2O/c1-10-12(14)4-3-5-13(10)16(2)8-11-9-17-7-6-15-11/h3-5,11,15H,6-9H2,1-2H3. The quantitative estimate of drug-likeness (QED) is 0.894. The zero-order valence-corrected chi connectivity index (χ0v) is 11.1. The van der Waals surface area contributed by atoms with Crippen LogP contribution >= 0.6 is 11.6 Å². The van der Waals surface area contributed by atoms with Crippen LogP contribution in [0.2, 0.25) is 5.02 Å². The molecule has 3 nitrogen and oxygen atoms in total. The Kier molecular flexibility index (Phi) is 4.26. The molecule has 94 valence electrons. The number of hydrogen-bond acceptors (Lipinski definition) is 3. The predicted octanol–water partition coefficient (Wildman–Crippen LogP) is 2.07. The van der Waals surface area contributed by atoms with Crippen molar-refractivity contribution in [3.05, 3.63) is 28.8 Å². The van der Waals surface area contributed by atoms with Gasteiger partial charge in [-0.25, -0.2) is 0 Å². The monoisotopic (exact) mass is 254 g/mol. The van der Waals surface area contributed by atoms with E-state index in [1.807, 2.05) is 12.1 Å². The van der Waals surface area contributed by atoms with Crippen molar-refractivity contribution < 1.29 is 4.74 Å². The Hall–Kier alpha value is -0.770. The van der Waals surface area contributed by atoms with E-state index in [4.69, 9.17) is 16.3 Å². The number of nitrogens with zero attached hydrogens (tertiary/aromatic N) is 1. The van der Waals surface area contributed by atoms with Crippen LogP contribution in [-0.2, 0) is 4.74 Å². The molecule has 1 unspecified atom stereocenters. The predicted molar refractivity (Wildman–Crippen MR) is 72.1 cm³/mol. The summed E-state index contributed by atoms with van der Waals surface area (Å²) in [7, 11) is 2.09. The zero-order valence-electron chi connectivity index (χ0n) is 10.4. The fourth-order valence-corrected chi connectivity index (χ4v) is 2.35. The molecule has 1 fully saturated rings. The largest absolute Gasteiger partial charge is 0.378 e. The lowest BCUT2D eigenvalue weighted by Crippen LogP contribution is -2.47. The summed E-state index contributed by atoms with van der Waals surface area (Å²) in [5, 5.41) is 4.28. The number of hydrogen-bond donors (Lipinski definition) is 1. The number of halogens is 1. The van der Waals surface area contributed by atoms with Gasteiger partial charge < -0.3 is 15.0 Å². The number of rotatable bonds is 3. The summed E-state index contributed by atoms with van der Waals surface area (Å²) in [6.07, 6.45) is 0. The van der Waals surface area contributed by atoms with Gasteiger partial charge in [0.25, 0.3) is 0 Å². The Morgan fingerprint density at radius 3 is 3.06 bits per heavy atom. The van der Waals surface area contributed by atoms with Crippen LogP contribution in [-0.4, -0.2) is 39.4 Å². The van der Waals surface area contributed by atoms with Gasteiger partial charge >= 0.3 is 0 Å². The third kappa shape index (κ3) is 3.12. The van der Waals surface area contributed by atoms with Gasteiger partial charge in [-0.2, -0.15) is 0 Å². The van der Waals surface area contributed by atoms with Gasteiger partial charge in [0.2, 0.25) is 0 Å². The molecular formula is C13H19ClN2O. The molecule has 4 heteroatoms. The highest BCUT2D eigenvalue weighted by atomic mass is 35.5. The highest BCUT2D eigenvalue weighted by Crippen LogP contribution is 2.25. The van der Waals surface area contributed by atoms with Crippen molar-refractivity contribution in [3.8, 4) is 0 Å². The molecule has 1 aromatic rings. The minimum absolute atomic E-state index is 0.395. The Bertz CT molecular complexity index is 378. The summed E-state index contributed by atoms with van der Waals surface area (Å²) in [6, 6.07) is 6.42. The molecule has 1 N–H and O–H groups in total. The van der Waals surface area contributed by atoms with Crippen molar-refractivity contribution in [1.82, 2.24) is 5.32 Å². The van der Waals surface area contributed by atoms with E-state index in [-0.39, 0.29) is 0 Å². The number of anilines is 1. The topological polar surface area (TPSA) is 24.5 Å². The Balaban J connectivity index is 2.03. The van der Waals surface area contributed by atoms with Crippen molar-refractivity contribution in [2.45, 2.75) is 13.0 Å². The summed E-state index contributed by atoms with van der Waals surface area (Å²) < 4.78 is 5.46. The second-order valence-corrected chi connectivity index (χ2v) is 4.90. The van der Waals surface area contributed by atoms with Gasteiger partial charge in [0.15, 0.2) is 0 Å². The fourth-order valence-electron chi connectivity index (χ4n) is 2.18. The first-order chi connectivity index (χ1) is 8.18.